The Morgan fingerprint density at radius 2 is 1.78 bits per heavy atom. The Morgan fingerprint density at radius 3 is 2.37 bits per heavy atom. The second kappa shape index (κ2) is 7.41. The number of carboxylic acid groups (broad SMARTS) is 1. The molecular formula is C20H19NO6. The van der Waals surface area contributed by atoms with Crippen molar-refractivity contribution in [3.05, 3.63) is 52.8 Å². The van der Waals surface area contributed by atoms with Gasteiger partial charge in [0.05, 0.1) is 26.2 Å². The first-order valence-electron chi connectivity index (χ1n) is 8.25. The number of nitrogens with zero attached hydrogens (tertiary/aromatic N) is 1. The molecule has 0 aliphatic rings. The second-order valence-electron chi connectivity index (χ2n) is 5.97. The van der Waals surface area contributed by atoms with Gasteiger partial charge in [-0.3, -0.25) is 9.59 Å². The summed E-state index contributed by atoms with van der Waals surface area (Å²) >= 11 is 0. The van der Waals surface area contributed by atoms with E-state index in [9.17, 15) is 14.7 Å². The number of phenols is 1. The molecule has 2 N–H and O–H groups in total. The molecule has 1 aromatic heterocycles. The number of benzene rings is 2. The highest BCUT2D eigenvalue weighted by Crippen LogP contribution is 2.33. The average molecular weight is 369 g/mol. The minimum Gasteiger partial charge on any atom is -0.508 e. The molecule has 3 aromatic rings. The molecule has 2 aromatic carbocycles. The average Bonchev–Trinajstić information content (AvgIpc) is 2.66. The van der Waals surface area contributed by atoms with Crippen LogP contribution in [0.4, 0.5) is 0 Å². The Bertz CT molecular complexity index is 1050. The van der Waals surface area contributed by atoms with Crippen LogP contribution in [0.1, 0.15) is 6.42 Å². The maximum Gasteiger partial charge on any atom is 0.305 e. The number of methoxy groups -OCH3 is 2. The Labute approximate surface area is 155 Å². The molecule has 0 aliphatic carbocycles. The summed E-state index contributed by atoms with van der Waals surface area (Å²) in [6.07, 6.45) is -0.201. The van der Waals surface area contributed by atoms with E-state index in [1.807, 2.05) is 0 Å². The fourth-order valence-corrected chi connectivity index (χ4v) is 2.98. The standard InChI is InChI=1S/C20H19NO6/c1-26-14-9-17-16(18(10-14)27-2)11-15(12-3-5-13(22)6-4-12)20(25)21(17)8-7-19(23)24/h3-6,9-11,22H,7-8H2,1-2H3,(H,23,24). The molecular weight excluding hydrogens is 350 g/mol. The third-order valence-corrected chi connectivity index (χ3v) is 4.33. The number of fused-ring (bicyclic) bond motifs is 1. The van der Waals surface area contributed by atoms with E-state index in [4.69, 9.17) is 14.6 Å². The van der Waals surface area contributed by atoms with E-state index < -0.39 is 5.97 Å². The molecule has 0 spiro atoms. The van der Waals surface area contributed by atoms with Crippen molar-refractivity contribution in [2.75, 3.05) is 14.2 Å². The van der Waals surface area contributed by atoms with Crippen LogP contribution in [0.25, 0.3) is 22.0 Å². The van der Waals surface area contributed by atoms with Crippen molar-refractivity contribution < 1.29 is 24.5 Å². The summed E-state index contributed by atoms with van der Waals surface area (Å²) in [4.78, 5) is 24.2. The van der Waals surface area contributed by atoms with Gasteiger partial charge in [0.1, 0.15) is 17.2 Å². The van der Waals surface area contributed by atoms with E-state index >= 15 is 0 Å². The third-order valence-electron chi connectivity index (χ3n) is 4.33. The number of aromatic nitrogens is 1. The molecule has 7 nitrogen and oxygen atoms in total. The van der Waals surface area contributed by atoms with Gasteiger partial charge in [0, 0.05) is 29.6 Å². The minimum absolute atomic E-state index is 0.00686. The Hall–Kier alpha value is -3.48. The first-order valence-corrected chi connectivity index (χ1v) is 8.25. The number of pyridine rings is 1. The van der Waals surface area contributed by atoms with Crippen LogP contribution >= 0.6 is 0 Å². The first kappa shape index (κ1) is 18.3. The molecule has 0 fully saturated rings. The van der Waals surface area contributed by atoms with Crippen LogP contribution in [0, 0.1) is 0 Å². The van der Waals surface area contributed by atoms with Gasteiger partial charge in [-0.05, 0) is 23.8 Å². The molecule has 0 saturated heterocycles. The van der Waals surface area contributed by atoms with E-state index in [-0.39, 0.29) is 24.3 Å². The number of rotatable bonds is 6. The Kier molecular flexibility index (Phi) is 5.03. The highest BCUT2D eigenvalue weighted by Gasteiger charge is 2.16. The van der Waals surface area contributed by atoms with Gasteiger partial charge in [0.15, 0.2) is 0 Å². The number of phenolic OH excluding ortho intramolecular Hbond substituents is 1. The van der Waals surface area contributed by atoms with Gasteiger partial charge < -0.3 is 24.3 Å². The van der Waals surface area contributed by atoms with Crippen LogP contribution in [0.15, 0.2) is 47.3 Å². The van der Waals surface area contributed by atoms with E-state index in [1.54, 1.807) is 30.3 Å². The lowest BCUT2D eigenvalue weighted by molar-refractivity contribution is -0.137. The van der Waals surface area contributed by atoms with Crippen molar-refractivity contribution in [3.8, 4) is 28.4 Å². The zero-order valence-corrected chi connectivity index (χ0v) is 14.9. The van der Waals surface area contributed by atoms with Crippen molar-refractivity contribution in [3.63, 3.8) is 0 Å². The van der Waals surface area contributed by atoms with Crippen LogP contribution in [0.2, 0.25) is 0 Å². The summed E-state index contributed by atoms with van der Waals surface area (Å²) in [5.74, 6) is 0.0988. The maximum absolute atomic E-state index is 13.1. The summed E-state index contributed by atoms with van der Waals surface area (Å²) < 4.78 is 12.1. The zero-order chi connectivity index (χ0) is 19.6. The van der Waals surface area contributed by atoms with Crippen molar-refractivity contribution in [2.24, 2.45) is 0 Å². The lowest BCUT2D eigenvalue weighted by Crippen LogP contribution is -2.23. The van der Waals surface area contributed by atoms with E-state index in [0.717, 1.165) is 0 Å². The van der Waals surface area contributed by atoms with Crippen molar-refractivity contribution in [2.45, 2.75) is 13.0 Å². The summed E-state index contributed by atoms with van der Waals surface area (Å²) in [6, 6.07) is 11.3. The predicted octanol–water partition coefficient (Wildman–Crippen LogP) is 2.87. The lowest BCUT2D eigenvalue weighted by Gasteiger charge is -2.16. The summed E-state index contributed by atoms with van der Waals surface area (Å²) in [5, 5.41) is 19.2. The number of aromatic hydroxyl groups is 1. The smallest absolute Gasteiger partial charge is 0.305 e. The molecule has 1 heterocycles. The number of hydrogen-bond donors (Lipinski definition) is 2. The molecule has 0 radical (unpaired) electrons. The highest BCUT2D eigenvalue weighted by atomic mass is 16.5. The molecule has 0 atom stereocenters. The number of carboxylic acids is 1. The molecule has 0 aliphatic heterocycles. The van der Waals surface area contributed by atoms with Gasteiger partial charge in [-0.1, -0.05) is 12.1 Å². The van der Waals surface area contributed by atoms with Crippen LogP contribution in [0.3, 0.4) is 0 Å². The van der Waals surface area contributed by atoms with Gasteiger partial charge in [-0.25, -0.2) is 0 Å². The normalized spacial score (nSPS) is 10.7. The molecule has 3 rings (SSSR count). The van der Waals surface area contributed by atoms with Crippen LogP contribution in [0.5, 0.6) is 17.2 Å². The molecule has 0 saturated carbocycles. The Morgan fingerprint density at radius 1 is 1.07 bits per heavy atom. The topological polar surface area (TPSA) is 98.0 Å². The molecule has 0 amide bonds. The third kappa shape index (κ3) is 3.57. The SMILES string of the molecule is COc1cc(OC)c2cc(-c3ccc(O)cc3)c(=O)n(CCC(=O)O)c2c1. The van der Waals surface area contributed by atoms with E-state index in [2.05, 4.69) is 0 Å². The van der Waals surface area contributed by atoms with E-state index in [1.165, 1.54) is 30.9 Å². The molecule has 27 heavy (non-hydrogen) atoms. The van der Waals surface area contributed by atoms with Crippen LogP contribution in [-0.2, 0) is 11.3 Å². The number of carbonyl (C=O) groups is 1. The number of aryl methyl sites for hydroxylation is 1. The summed E-state index contributed by atoms with van der Waals surface area (Å²) in [7, 11) is 3.02. The summed E-state index contributed by atoms with van der Waals surface area (Å²) in [6.45, 7) is 0.00686. The lowest BCUT2D eigenvalue weighted by atomic mass is 10.0. The first-order chi connectivity index (χ1) is 12.9. The van der Waals surface area contributed by atoms with Gasteiger partial charge in [-0.15, -0.1) is 0 Å². The zero-order valence-electron chi connectivity index (χ0n) is 14.9. The fourth-order valence-electron chi connectivity index (χ4n) is 2.98. The van der Waals surface area contributed by atoms with Crippen molar-refractivity contribution >= 4 is 16.9 Å². The van der Waals surface area contributed by atoms with Crippen LogP contribution < -0.4 is 15.0 Å². The molecule has 7 heteroatoms. The number of hydrogen-bond acceptors (Lipinski definition) is 5. The number of aliphatic carboxylic acids is 1. The number of ether oxygens (including phenoxy) is 2. The molecule has 140 valence electrons. The largest absolute Gasteiger partial charge is 0.508 e. The van der Waals surface area contributed by atoms with Crippen molar-refractivity contribution in [1.29, 1.82) is 0 Å². The van der Waals surface area contributed by atoms with Gasteiger partial charge in [0.2, 0.25) is 0 Å². The Balaban J connectivity index is 2.34. The maximum atomic E-state index is 13.1. The van der Waals surface area contributed by atoms with Crippen LogP contribution in [-0.4, -0.2) is 35.0 Å². The van der Waals surface area contributed by atoms with Gasteiger partial charge in [0.25, 0.3) is 5.56 Å². The highest BCUT2D eigenvalue weighted by molar-refractivity contribution is 5.90. The van der Waals surface area contributed by atoms with Gasteiger partial charge in [-0.2, -0.15) is 0 Å². The second-order valence-corrected chi connectivity index (χ2v) is 5.97. The summed E-state index contributed by atoms with van der Waals surface area (Å²) in [5.41, 5.74) is 1.20. The van der Waals surface area contributed by atoms with Gasteiger partial charge >= 0.3 is 5.97 Å². The van der Waals surface area contributed by atoms with E-state index in [0.29, 0.717) is 33.5 Å². The quantitative estimate of drug-likeness (QED) is 0.693. The minimum atomic E-state index is -1.00. The molecule has 0 bridgehead atoms. The fraction of sp³-hybridized carbons (Fsp3) is 0.200. The van der Waals surface area contributed by atoms with Crippen molar-refractivity contribution in [1.82, 2.24) is 4.57 Å². The predicted molar refractivity (Wildman–Crippen MR) is 101 cm³/mol. The monoisotopic (exact) mass is 369 g/mol. The molecule has 0 unspecified atom stereocenters.